The molecule has 3 N–H and O–H groups in total. The van der Waals surface area contributed by atoms with Gasteiger partial charge >= 0.3 is 0 Å². The van der Waals surface area contributed by atoms with E-state index in [0.717, 1.165) is 32.1 Å². The molecule has 2 fully saturated rings. The third-order valence-corrected chi connectivity index (χ3v) is 3.65. The average molecular weight is 203 g/mol. The van der Waals surface area contributed by atoms with Crippen molar-refractivity contribution in [2.45, 2.75) is 43.2 Å². The molecule has 0 amide bonds. The first-order valence-corrected chi connectivity index (χ1v) is 5.70. The summed E-state index contributed by atoms with van der Waals surface area (Å²) in [5.41, 5.74) is 8.17. The summed E-state index contributed by atoms with van der Waals surface area (Å²) in [7, 11) is 0. The molecule has 3 rings (SSSR count). The van der Waals surface area contributed by atoms with E-state index in [1.165, 1.54) is 11.1 Å². The minimum Gasteiger partial charge on any atom is -0.390 e. The lowest BCUT2D eigenvalue weighted by molar-refractivity contribution is 0.151. The van der Waals surface area contributed by atoms with Gasteiger partial charge in [-0.3, -0.25) is 0 Å². The first kappa shape index (κ1) is 9.37. The highest BCUT2D eigenvalue weighted by atomic mass is 16.3. The molecular weight excluding hydrogens is 186 g/mol. The molecule has 0 bridgehead atoms. The topological polar surface area (TPSA) is 46.2 Å². The Morgan fingerprint density at radius 3 is 2.53 bits per heavy atom. The van der Waals surface area contributed by atoms with Crippen LogP contribution in [-0.4, -0.2) is 10.7 Å². The van der Waals surface area contributed by atoms with Crippen LogP contribution in [0.2, 0.25) is 0 Å². The molecular formula is C13H17NO. The maximum absolute atomic E-state index is 9.86. The maximum atomic E-state index is 9.86. The second-order valence-corrected chi connectivity index (χ2v) is 5.26. The molecule has 2 aliphatic rings. The molecule has 1 aromatic rings. The third-order valence-electron chi connectivity index (χ3n) is 3.65. The van der Waals surface area contributed by atoms with E-state index in [-0.39, 0.29) is 5.54 Å². The fourth-order valence-electron chi connectivity index (χ4n) is 2.12. The second kappa shape index (κ2) is 2.83. The van der Waals surface area contributed by atoms with Crippen LogP contribution in [0.25, 0.3) is 0 Å². The van der Waals surface area contributed by atoms with Crippen LogP contribution in [0, 0.1) is 0 Å². The first-order chi connectivity index (χ1) is 7.10. The zero-order valence-electron chi connectivity index (χ0n) is 8.87. The molecule has 2 saturated carbocycles. The summed E-state index contributed by atoms with van der Waals surface area (Å²) in [6.45, 7) is 0. The lowest BCUT2D eigenvalue weighted by Gasteiger charge is -2.12. The fourth-order valence-corrected chi connectivity index (χ4v) is 2.12. The van der Waals surface area contributed by atoms with Gasteiger partial charge in [-0.1, -0.05) is 24.3 Å². The number of hydrogen-bond acceptors (Lipinski definition) is 2. The van der Waals surface area contributed by atoms with Crippen molar-refractivity contribution in [1.82, 2.24) is 0 Å². The number of nitrogens with two attached hydrogens (primary N) is 1. The highest BCUT2D eigenvalue weighted by Gasteiger charge is 2.42. The predicted molar refractivity (Wildman–Crippen MR) is 59.4 cm³/mol. The molecule has 2 heteroatoms. The average Bonchev–Trinajstić information content (AvgIpc) is 3.09. The molecule has 2 aliphatic carbocycles. The molecule has 80 valence electrons. The van der Waals surface area contributed by atoms with Crippen molar-refractivity contribution in [3.05, 3.63) is 35.4 Å². The van der Waals surface area contributed by atoms with Gasteiger partial charge in [0.25, 0.3) is 0 Å². The Hall–Kier alpha value is -0.860. The Labute approximate surface area is 90.1 Å². The van der Waals surface area contributed by atoms with Crippen molar-refractivity contribution in [1.29, 1.82) is 0 Å². The van der Waals surface area contributed by atoms with E-state index in [1.54, 1.807) is 0 Å². The zero-order valence-corrected chi connectivity index (χ0v) is 8.87. The van der Waals surface area contributed by atoms with E-state index in [9.17, 15) is 5.11 Å². The summed E-state index contributed by atoms with van der Waals surface area (Å²) in [6, 6.07) is 8.42. The molecule has 0 radical (unpaired) electrons. The van der Waals surface area contributed by atoms with Crippen LogP contribution in [0.4, 0.5) is 0 Å². The van der Waals surface area contributed by atoms with Crippen LogP contribution < -0.4 is 5.73 Å². The maximum Gasteiger partial charge on any atom is 0.0690 e. The number of aliphatic hydroxyl groups is 1. The van der Waals surface area contributed by atoms with Crippen LogP contribution in [-0.2, 0) is 12.0 Å². The standard InChI is InChI=1S/C13H17NO/c14-13(6-7-13)11-3-1-2-10(8-11)9-12(15)4-5-12/h1-3,8,15H,4-7,9,14H2. The van der Waals surface area contributed by atoms with Gasteiger partial charge in [0.15, 0.2) is 0 Å². The molecule has 0 spiro atoms. The van der Waals surface area contributed by atoms with Gasteiger partial charge in [0.2, 0.25) is 0 Å². The smallest absolute Gasteiger partial charge is 0.0690 e. The molecule has 1 aromatic carbocycles. The second-order valence-electron chi connectivity index (χ2n) is 5.26. The van der Waals surface area contributed by atoms with E-state index in [4.69, 9.17) is 5.73 Å². The largest absolute Gasteiger partial charge is 0.390 e. The first-order valence-electron chi connectivity index (χ1n) is 5.70. The molecule has 2 nitrogen and oxygen atoms in total. The van der Waals surface area contributed by atoms with Gasteiger partial charge in [-0.15, -0.1) is 0 Å². The van der Waals surface area contributed by atoms with Crippen molar-refractivity contribution >= 4 is 0 Å². The van der Waals surface area contributed by atoms with Crippen molar-refractivity contribution in [2.75, 3.05) is 0 Å². The Morgan fingerprint density at radius 1 is 1.20 bits per heavy atom. The van der Waals surface area contributed by atoms with Gasteiger partial charge in [-0.05, 0) is 36.8 Å². The van der Waals surface area contributed by atoms with Gasteiger partial charge in [-0.25, -0.2) is 0 Å². The van der Waals surface area contributed by atoms with E-state index in [0.29, 0.717) is 0 Å². The highest BCUT2D eigenvalue weighted by molar-refractivity contribution is 5.34. The summed E-state index contributed by atoms with van der Waals surface area (Å²) in [6.07, 6.45) is 4.88. The van der Waals surface area contributed by atoms with Crippen LogP contribution in [0.15, 0.2) is 24.3 Å². The molecule has 15 heavy (non-hydrogen) atoms. The zero-order chi connectivity index (χ0) is 10.5. The quantitative estimate of drug-likeness (QED) is 0.785. The van der Waals surface area contributed by atoms with E-state index in [1.807, 2.05) is 0 Å². The van der Waals surface area contributed by atoms with E-state index < -0.39 is 5.60 Å². The van der Waals surface area contributed by atoms with Gasteiger partial charge in [0, 0.05) is 12.0 Å². The third kappa shape index (κ3) is 1.80. The van der Waals surface area contributed by atoms with Crippen LogP contribution >= 0.6 is 0 Å². The van der Waals surface area contributed by atoms with E-state index >= 15 is 0 Å². The predicted octanol–water partition coefficient (Wildman–Crippen LogP) is 1.70. The van der Waals surface area contributed by atoms with E-state index in [2.05, 4.69) is 24.3 Å². The van der Waals surface area contributed by atoms with Crippen LogP contribution in [0.3, 0.4) is 0 Å². The minimum atomic E-state index is -0.399. The van der Waals surface area contributed by atoms with Gasteiger partial charge < -0.3 is 10.8 Å². The van der Waals surface area contributed by atoms with Crippen LogP contribution in [0.1, 0.15) is 36.8 Å². The normalized spacial score (nSPS) is 24.9. The van der Waals surface area contributed by atoms with Gasteiger partial charge in [-0.2, -0.15) is 0 Å². The Bertz CT molecular complexity index is 391. The molecule has 0 aliphatic heterocycles. The minimum absolute atomic E-state index is 0.0534. The Morgan fingerprint density at radius 2 is 1.93 bits per heavy atom. The molecule has 0 aromatic heterocycles. The Balaban J connectivity index is 1.83. The van der Waals surface area contributed by atoms with Crippen LogP contribution in [0.5, 0.6) is 0 Å². The van der Waals surface area contributed by atoms with Crippen molar-refractivity contribution in [3.63, 3.8) is 0 Å². The SMILES string of the molecule is NC1(c2cccc(CC3(O)CC3)c2)CC1. The lowest BCUT2D eigenvalue weighted by Crippen LogP contribution is -2.19. The number of rotatable bonds is 3. The summed E-state index contributed by atoms with van der Waals surface area (Å²) in [4.78, 5) is 0. The van der Waals surface area contributed by atoms with Gasteiger partial charge in [0.05, 0.1) is 5.60 Å². The Kier molecular flexibility index (Phi) is 1.77. The highest BCUT2D eigenvalue weighted by Crippen LogP contribution is 2.43. The molecule has 0 heterocycles. The molecule has 0 unspecified atom stereocenters. The van der Waals surface area contributed by atoms with Crippen molar-refractivity contribution in [3.8, 4) is 0 Å². The van der Waals surface area contributed by atoms with Gasteiger partial charge in [0.1, 0.15) is 0 Å². The molecule has 0 saturated heterocycles. The number of hydrogen-bond donors (Lipinski definition) is 2. The summed E-state index contributed by atoms with van der Waals surface area (Å²) in [5.74, 6) is 0. The lowest BCUT2D eigenvalue weighted by atomic mass is 9.99. The van der Waals surface area contributed by atoms with Crippen molar-refractivity contribution < 1.29 is 5.11 Å². The molecule has 0 atom stereocenters. The number of benzene rings is 1. The fraction of sp³-hybridized carbons (Fsp3) is 0.538. The summed E-state index contributed by atoms with van der Waals surface area (Å²) < 4.78 is 0. The van der Waals surface area contributed by atoms with Crippen molar-refractivity contribution in [2.24, 2.45) is 5.73 Å². The monoisotopic (exact) mass is 203 g/mol. The summed E-state index contributed by atoms with van der Waals surface area (Å²) in [5, 5.41) is 9.86. The summed E-state index contributed by atoms with van der Waals surface area (Å²) >= 11 is 0.